The normalized spacial score (nSPS) is 11.0. The van der Waals surface area contributed by atoms with Crippen LogP contribution in [0.2, 0.25) is 0 Å². The summed E-state index contributed by atoms with van der Waals surface area (Å²) in [4.78, 5) is 11.2. The van der Waals surface area contributed by atoms with E-state index in [1.165, 1.54) is 21.6 Å². The number of fused-ring (bicyclic) bond motifs is 1. The Morgan fingerprint density at radius 2 is 1.86 bits per heavy atom. The van der Waals surface area contributed by atoms with Crippen LogP contribution in [-0.4, -0.2) is 9.97 Å². The van der Waals surface area contributed by atoms with E-state index in [-0.39, 0.29) is 0 Å². The Morgan fingerprint density at radius 3 is 2.62 bits per heavy atom. The lowest BCUT2D eigenvalue weighted by Crippen LogP contribution is -2.04. The number of anilines is 1. The van der Waals surface area contributed by atoms with Crippen LogP contribution in [-0.2, 0) is 13.0 Å². The number of benzene rings is 1. The van der Waals surface area contributed by atoms with Crippen LogP contribution < -0.4 is 5.32 Å². The lowest BCUT2D eigenvalue weighted by molar-refractivity contribution is 1.03. The van der Waals surface area contributed by atoms with Gasteiger partial charge in [-0.25, -0.2) is 9.97 Å². The maximum absolute atomic E-state index is 4.44. The number of thiophene rings is 1. The summed E-state index contributed by atoms with van der Waals surface area (Å²) in [6.07, 6.45) is 2.69. The third kappa shape index (κ3) is 2.63. The van der Waals surface area contributed by atoms with E-state index in [0.717, 1.165) is 29.0 Å². The molecule has 3 nitrogen and oxygen atoms in total. The third-order valence-corrected chi connectivity index (χ3v) is 5.03. The molecular weight excluding hydrogens is 278 g/mol. The van der Waals surface area contributed by atoms with Gasteiger partial charge in [-0.05, 0) is 37.0 Å². The van der Waals surface area contributed by atoms with Crippen molar-refractivity contribution in [1.29, 1.82) is 0 Å². The molecule has 1 N–H and O–H groups in total. The van der Waals surface area contributed by atoms with E-state index in [9.17, 15) is 0 Å². The molecule has 0 atom stereocenters. The Morgan fingerprint density at radius 1 is 1.10 bits per heavy atom. The fourth-order valence-electron chi connectivity index (χ4n) is 2.57. The molecule has 4 heteroatoms. The first kappa shape index (κ1) is 14.0. The molecule has 0 aliphatic carbocycles. The van der Waals surface area contributed by atoms with Crippen LogP contribution in [0.25, 0.3) is 10.2 Å². The molecule has 1 aromatic carbocycles. The minimum Gasteiger partial charge on any atom is -0.365 e. The van der Waals surface area contributed by atoms with Crippen molar-refractivity contribution in [3.05, 3.63) is 52.2 Å². The SMILES string of the molecule is CCc1ccccc1CNc1ncnc2sc(C)c(C)c12. The van der Waals surface area contributed by atoms with E-state index in [0.29, 0.717) is 0 Å². The van der Waals surface area contributed by atoms with Gasteiger partial charge in [0.2, 0.25) is 0 Å². The summed E-state index contributed by atoms with van der Waals surface area (Å²) in [7, 11) is 0. The summed E-state index contributed by atoms with van der Waals surface area (Å²) in [5.74, 6) is 0.938. The summed E-state index contributed by atoms with van der Waals surface area (Å²) in [5, 5.41) is 4.65. The molecule has 0 unspecified atom stereocenters. The standard InChI is InChI=1S/C17H19N3S/c1-4-13-7-5-6-8-14(13)9-18-16-15-11(2)12(3)21-17(15)20-10-19-16/h5-8,10H,4,9H2,1-3H3,(H,18,19,20). The summed E-state index contributed by atoms with van der Waals surface area (Å²) in [6.45, 7) is 7.26. The molecule has 0 aliphatic rings. The minimum atomic E-state index is 0.796. The Kier molecular flexibility index (Phi) is 3.88. The van der Waals surface area contributed by atoms with Gasteiger partial charge in [-0.1, -0.05) is 31.2 Å². The maximum atomic E-state index is 4.44. The predicted molar refractivity (Wildman–Crippen MR) is 90.0 cm³/mol. The topological polar surface area (TPSA) is 37.8 Å². The van der Waals surface area contributed by atoms with E-state index in [1.807, 2.05) is 0 Å². The number of hydrogen-bond acceptors (Lipinski definition) is 4. The van der Waals surface area contributed by atoms with Gasteiger partial charge in [0, 0.05) is 11.4 Å². The highest BCUT2D eigenvalue weighted by atomic mass is 32.1. The van der Waals surface area contributed by atoms with Crippen molar-refractivity contribution in [3.63, 3.8) is 0 Å². The molecule has 21 heavy (non-hydrogen) atoms. The van der Waals surface area contributed by atoms with Crippen LogP contribution >= 0.6 is 11.3 Å². The monoisotopic (exact) mass is 297 g/mol. The van der Waals surface area contributed by atoms with Gasteiger partial charge >= 0.3 is 0 Å². The van der Waals surface area contributed by atoms with Gasteiger partial charge in [-0.3, -0.25) is 0 Å². The molecule has 0 spiro atoms. The Labute approximate surface area is 129 Å². The van der Waals surface area contributed by atoms with E-state index >= 15 is 0 Å². The van der Waals surface area contributed by atoms with Crippen molar-refractivity contribution in [2.45, 2.75) is 33.7 Å². The average molecular weight is 297 g/mol. The first-order valence-corrected chi connectivity index (χ1v) is 8.03. The smallest absolute Gasteiger partial charge is 0.138 e. The second-order valence-corrected chi connectivity index (χ2v) is 6.36. The summed E-state index contributed by atoms with van der Waals surface area (Å²) >= 11 is 1.73. The average Bonchev–Trinajstić information content (AvgIpc) is 2.81. The third-order valence-electron chi connectivity index (χ3n) is 3.91. The van der Waals surface area contributed by atoms with Crippen LogP contribution in [0, 0.1) is 13.8 Å². The molecule has 2 aromatic heterocycles. The number of nitrogens with zero attached hydrogens (tertiary/aromatic N) is 2. The van der Waals surface area contributed by atoms with Gasteiger partial charge < -0.3 is 5.32 Å². The van der Waals surface area contributed by atoms with Gasteiger partial charge in [0.05, 0.1) is 5.39 Å². The number of aromatic nitrogens is 2. The first-order chi connectivity index (χ1) is 10.2. The Balaban J connectivity index is 1.92. The summed E-state index contributed by atoms with van der Waals surface area (Å²) in [5.41, 5.74) is 3.99. The molecule has 2 heterocycles. The molecule has 0 bridgehead atoms. The van der Waals surface area contributed by atoms with Gasteiger partial charge in [0.1, 0.15) is 17.0 Å². The largest absolute Gasteiger partial charge is 0.365 e. The molecule has 0 fully saturated rings. The second kappa shape index (κ2) is 5.82. The molecule has 0 amide bonds. The van der Waals surface area contributed by atoms with Crippen LogP contribution in [0.5, 0.6) is 0 Å². The Bertz CT molecular complexity index is 777. The van der Waals surface area contributed by atoms with Crippen molar-refractivity contribution in [3.8, 4) is 0 Å². The highest BCUT2D eigenvalue weighted by Gasteiger charge is 2.11. The minimum absolute atomic E-state index is 0.796. The van der Waals surface area contributed by atoms with E-state index < -0.39 is 0 Å². The number of hydrogen-bond donors (Lipinski definition) is 1. The highest BCUT2D eigenvalue weighted by molar-refractivity contribution is 7.18. The van der Waals surface area contributed by atoms with Crippen molar-refractivity contribution in [2.75, 3.05) is 5.32 Å². The maximum Gasteiger partial charge on any atom is 0.138 e. The summed E-state index contributed by atoms with van der Waals surface area (Å²) in [6, 6.07) is 8.55. The van der Waals surface area contributed by atoms with Crippen LogP contribution in [0.3, 0.4) is 0 Å². The molecule has 3 rings (SSSR count). The fourth-order valence-corrected chi connectivity index (χ4v) is 3.57. The lowest BCUT2D eigenvalue weighted by Gasteiger charge is -2.10. The van der Waals surface area contributed by atoms with Crippen LogP contribution in [0.4, 0.5) is 5.82 Å². The van der Waals surface area contributed by atoms with E-state index in [4.69, 9.17) is 0 Å². The van der Waals surface area contributed by atoms with E-state index in [2.05, 4.69) is 60.3 Å². The van der Waals surface area contributed by atoms with Gasteiger partial charge in [0.25, 0.3) is 0 Å². The van der Waals surface area contributed by atoms with Gasteiger partial charge in [0.15, 0.2) is 0 Å². The molecule has 3 aromatic rings. The lowest BCUT2D eigenvalue weighted by atomic mass is 10.1. The highest BCUT2D eigenvalue weighted by Crippen LogP contribution is 2.32. The van der Waals surface area contributed by atoms with Crippen molar-refractivity contribution >= 4 is 27.4 Å². The molecule has 0 aliphatic heterocycles. The predicted octanol–water partition coefficient (Wildman–Crippen LogP) is 4.48. The van der Waals surface area contributed by atoms with Crippen LogP contribution in [0.1, 0.15) is 28.5 Å². The number of aryl methyl sites for hydroxylation is 3. The van der Waals surface area contributed by atoms with E-state index in [1.54, 1.807) is 17.7 Å². The van der Waals surface area contributed by atoms with Crippen molar-refractivity contribution in [2.24, 2.45) is 0 Å². The fraction of sp³-hybridized carbons (Fsp3) is 0.294. The molecule has 0 saturated carbocycles. The van der Waals surface area contributed by atoms with Crippen molar-refractivity contribution in [1.82, 2.24) is 9.97 Å². The second-order valence-electron chi connectivity index (χ2n) is 5.16. The zero-order valence-corrected chi connectivity index (χ0v) is 13.4. The molecule has 0 radical (unpaired) electrons. The quantitative estimate of drug-likeness (QED) is 0.771. The number of nitrogens with one attached hydrogen (secondary N) is 1. The number of rotatable bonds is 4. The molecular formula is C17H19N3S. The first-order valence-electron chi connectivity index (χ1n) is 7.22. The van der Waals surface area contributed by atoms with Crippen molar-refractivity contribution < 1.29 is 0 Å². The zero-order chi connectivity index (χ0) is 14.8. The molecule has 0 saturated heterocycles. The Hall–Kier alpha value is -1.94. The zero-order valence-electron chi connectivity index (χ0n) is 12.6. The summed E-state index contributed by atoms with van der Waals surface area (Å²) < 4.78 is 0. The van der Waals surface area contributed by atoms with Gasteiger partial charge in [-0.15, -0.1) is 11.3 Å². The van der Waals surface area contributed by atoms with Gasteiger partial charge in [-0.2, -0.15) is 0 Å². The van der Waals surface area contributed by atoms with Crippen LogP contribution in [0.15, 0.2) is 30.6 Å². The molecule has 108 valence electrons.